The molecule has 0 amide bonds. The van der Waals surface area contributed by atoms with E-state index in [9.17, 15) is 0 Å². The minimum absolute atomic E-state index is 1.27. The lowest BCUT2D eigenvalue weighted by Gasteiger charge is -2.01. The fourth-order valence-electron chi connectivity index (χ4n) is 2.56. The van der Waals surface area contributed by atoms with Gasteiger partial charge in [-0.25, -0.2) is 0 Å². The van der Waals surface area contributed by atoms with Crippen LogP contribution in [0.3, 0.4) is 0 Å². The average molecular weight is 294 g/mol. The monoisotopic (exact) mass is 293 g/mol. The zero-order valence-corrected chi connectivity index (χ0v) is 13.7. The van der Waals surface area contributed by atoms with Crippen LogP contribution < -0.4 is 0 Å². The lowest BCUT2D eigenvalue weighted by molar-refractivity contribution is 0.565. The maximum absolute atomic E-state index is 3.25. The van der Waals surface area contributed by atoms with Crippen LogP contribution >= 0.6 is 22.7 Å². The summed E-state index contributed by atoms with van der Waals surface area (Å²) < 4.78 is 2.92. The van der Waals surface area contributed by atoms with Crippen LogP contribution in [0.25, 0.3) is 9.40 Å². The molecule has 0 atom stereocenters. The molecule has 0 saturated heterocycles. The van der Waals surface area contributed by atoms with Gasteiger partial charge in [-0.2, -0.15) is 0 Å². The molecule has 0 unspecified atom stereocenters. The summed E-state index contributed by atoms with van der Waals surface area (Å²) in [4.78, 5) is 0. The van der Waals surface area contributed by atoms with Gasteiger partial charge in [0.05, 0.1) is 0 Å². The van der Waals surface area contributed by atoms with E-state index < -0.39 is 0 Å². The zero-order chi connectivity index (χ0) is 13.3. The Morgan fingerprint density at radius 1 is 0.947 bits per heavy atom. The summed E-state index contributed by atoms with van der Waals surface area (Å²) in [6, 6.07) is 2.13. The Kier molecular flexibility index (Phi) is 6.94. The first-order chi connectivity index (χ1) is 9.42. The number of aryl methyl sites for hydroxylation is 1. The first-order valence-electron chi connectivity index (χ1n) is 7.77. The molecule has 0 nitrogen and oxygen atoms in total. The van der Waals surface area contributed by atoms with Crippen molar-refractivity contribution in [3.05, 3.63) is 22.4 Å². The number of unbranched alkanes of at least 4 members (excludes halogenated alkanes) is 8. The van der Waals surface area contributed by atoms with Crippen LogP contribution in [-0.2, 0) is 6.42 Å². The van der Waals surface area contributed by atoms with Crippen LogP contribution in [0.2, 0.25) is 0 Å². The number of rotatable bonds is 10. The van der Waals surface area contributed by atoms with E-state index in [1.165, 1.54) is 73.6 Å². The molecule has 2 rings (SSSR count). The minimum atomic E-state index is 1.27. The van der Waals surface area contributed by atoms with Crippen molar-refractivity contribution in [1.29, 1.82) is 0 Å². The normalized spacial score (nSPS) is 11.4. The molecule has 0 bridgehead atoms. The summed E-state index contributed by atoms with van der Waals surface area (Å²) >= 11 is 3.66. The van der Waals surface area contributed by atoms with E-state index in [4.69, 9.17) is 0 Å². The second-order valence-electron chi connectivity index (χ2n) is 5.40. The van der Waals surface area contributed by atoms with Crippen LogP contribution in [0.4, 0.5) is 0 Å². The fourth-order valence-corrected chi connectivity index (χ4v) is 4.59. The van der Waals surface area contributed by atoms with E-state index >= 15 is 0 Å². The van der Waals surface area contributed by atoms with Gasteiger partial charge in [0.2, 0.25) is 0 Å². The summed E-state index contributed by atoms with van der Waals surface area (Å²) in [6.07, 6.45) is 14.0. The summed E-state index contributed by atoms with van der Waals surface area (Å²) in [7, 11) is 0. The van der Waals surface area contributed by atoms with Crippen LogP contribution in [0, 0.1) is 5.38 Å². The number of hydrogen-bond acceptors (Lipinski definition) is 2. The predicted molar refractivity (Wildman–Crippen MR) is 89.5 cm³/mol. The van der Waals surface area contributed by atoms with E-state index in [1.54, 1.807) is 16.9 Å². The first-order valence-corrected chi connectivity index (χ1v) is 9.47. The SMILES string of the molecule is CCCCCCCCCCCc1csc2c[c]sc12. The molecule has 2 heteroatoms. The molecule has 0 aliphatic rings. The van der Waals surface area contributed by atoms with Gasteiger partial charge in [0.25, 0.3) is 0 Å². The highest BCUT2D eigenvalue weighted by molar-refractivity contribution is 7.26. The highest BCUT2D eigenvalue weighted by Gasteiger charge is 2.04. The Morgan fingerprint density at radius 2 is 1.63 bits per heavy atom. The van der Waals surface area contributed by atoms with Crippen molar-refractivity contribution in [2.45, 2.75) is 71.1 Å². The van der Waals surface area contributed by atoms with E-state index in [0.29, 0.717) is 0 Å². The molecule has 19 heavy (non-hydrogen) atoms. The summed E-state index contributed by atoms with van der Waals surface area (Å²) in [5, 5.41) is 5.59. The smallest absolute Gasteiger partial charge is 0.0489 e. The molecule has 0 aliphatic heterocycles. The Balaban J connectivity index is 1.52. The molecular weight excluding hydrogens is 268 g/mol. The van der Waals surface area contributed by atoms with Gasteiger partial charge in [-0.15, -0.1) is 22.7 Å². The molecule has 0 aliphatic carbocycles. The van der Waals surface area contributed by atoms with Gasteiger partial charge < -0.3 is 0 Å². The van der Waals surface area contributed by atoms with Gasteiger partial charge in [0.15, 0.2) is 0 Å². The molecule has 2 aromatic rings. The second kappa shape index (κ2) is 8.76. The lowest BCUT2D eigenvalue weighted by atomic mass is 10.1. The quantitative estimate of drug-likeness (QED) is 0.421. The maximum Gasteiger partial charge on any atom is 0.0489 e. The standard InChI is InChI=1S/C17H25S2/c1-2-3-4-5-6-7-8-9-10-11-15-14-19-16-12-13-18-17(15)16/h12,14H,2-11H2,1H3. The van der Waals surface area contributed by atoms with E-state index in [1.807, 2.05) is 11.3 Å². The van der Waals surface area contributed by atoms with E-state index in [-0.39, 0.29) is 0 Å². The summed E-state index contributed by atoms with van der Waals surface area (Å²) in [6.45, 7) is 2.28. The van der Waals surface area contributed by atoms with Crippen molar-refractivity contribution in [2.24, 2.45) is 0 Å². The van der Waals surface area contributed by atoms with Gasteiger partial charge >= 0.3 is 0 Å². The van der Waals surface area contributed by atoms with Gasteiger partial charge in [-0.3, -0.25) is 0 Å². The van der Waals surface area contributed by atoms with Crippen LogP contribution in [0.5, 0.6) is 0 Å². The van der Waals surface area contributed by atoms with Crippen molar-refractivity contribution >= 4 is 32.1 Å². The van der Waals surface area contributed by atoms with Gasteiger partial charge in [-0.05, 0) is 29.9 Å². The lowest BCUT2D eigenvalue weighted by Crippen LogP contribution is -1.84. The molecule has 105 valence electrons. The van der Waals surface area contributed by atoms with Crippen molar-refractivity contribution in [1.82, 2.24) is 0 Å². The third-order valence-electron chi connectivity index (χ3n) is 3.74. The highest BCUT2D eigenvalue weighted by atomic mass is 32.1. The van der Waals surface area contributed by atoms with E-state index in [0.717, 1.165) is 0 Å². The summed E-state index contributed by atoms with van der Waals surface area (Å²) in [5.74, 6) is 0. The van der Waals surface area contributed by atoms with Crippen molar-refractivity contribution in [3.8, 4) is 0 Å². The first kappa shape index (κ1) is 15.1. The van der Waals surface area contributed by atoms with Gasteiger partial charge in [-0.1, -0.05) is 58.3 Å². The minimum Gasteiger partial charge on any atom is -0.143 e. The number of hydrogen-bond donors (Lipinski definition) is 0. The third-order valence-corrected chi connectivity index (χ3v) is 5.77. The fraction of sp³-hybridized carbons (Fsp3) is 0.647. The van der Waals surface area contributed by atoms with Crippen LogP contribution in [0.1, 0.15) is 70.3 Å². The average Bonchev–Trinajstić information content (AvgIpc) is 3.01. The predicted octanol–water partition coefficient (Wildman–Crippen LogP) is 6.84. The molecule has 0 spiro atoms. The topological polar surface area (TPSA) is 0 Å². The van der Waals surface area contributed by atoms with Gasteiger partial charge in [0.1, 0.15) is 0 Å². The zero-order valence-electron chi connectivity index (χ0n) is 12.0. The van der Waals surface area contributed by atoms with Crippen molar-refractivity contribution in [3.63, 3.8) is 0 Å². The van der Waals surface area contributed by atoms with Gasteiger partial charge in [0, 0.05) is 14.8 Å². The van der Waals surface area contributed by atoms with Crippen molar-refractivity contribution < 1.29 is 0 Å². The molecular formula is C17H25S2. The molecule has 2 aromatic heterocycles. The second-order valence-corrected chi connectivity index (χ2v) is 7.16. The molecule has 1 radical (unpaired) electrons. The molecule has 0 saturated carbocycles. The molecule has 2 heterocycles. The third kappa shape index (κ3) is 4.92. The van der Waals surface area contributed by atoms with Crippen molar-refractivity contribution in [2.75, 3.05) is 0 Å². The maximum atomic E-state index is 3.25. The van der Waals surface area contributed by atoms with Crippen LogP contribution in [0.15, 0.2) is 11.4 Å². The number of fused-ring (bicyclic) bond motifs is 1. The Labute approximate surface area is 125 Å². The summed E-state index contributed by atoms with van der Waals surface area (Å²) in [5.41, 5.74) is 1.56. The Morgan fingerprint density at radius 3 is 2.37 bits per heavy atom. The molecule has 0 fully saturated rings. The number of thiophene rings is 2. The highest BCUT2D eigenvalue weighted by Crippen LogP contribution is 2.31. The molecule has 0 aromatic carbocycles. The van der Waals surface area contributed by atoms with E-state index in [2.05, 4.69) is 23.8 Å². The van der Waals surface area contributed by atoms with Crippen LogP contribution in [-0.4, -0.2) is 0 Å². The molecule has 0 N–H and O–H groups in total. The largest absolute Gasteiger partial charge is 0.143 e. The Bertz CT molecular complexity index is 452. The Hall–Kier alpha value is -0.340.